The summed E-state index contributed by atoms with van der Waals surface area (Å²) in [5.74, 6) is -1.36. The molecule has 1 N–H and O–H groups in total. The second-order valence-electron chi connectivity index (χ2n) is 6.33. The number of allylic oxidation sites excluding steroid dienone is 2. The van der Waals surface area contributed by atoms with Gasteiger partial charge < -0.3 is 10.0 Å². The standard InChI is InChI=1S/C18H20BrNO3/c19-14-8-6-12(7-9-14)15-10-20(11-16(15)18(22)23)17(21)13-4-2-1-3-5-13/h1-2,6-9,13,15-16H,3-5,10-11H2,(H,22,23)/t13?,15-,16+/m0/s1. The molecule has 0 aromatic heterocycles. The summed E-state index contributed by atoms with van der Waals surface area (Å²) in [4.78, 5) is 26.1. The number of benzene rings is 1. The number of rotatable bonds is 3. The third kappa shape index (κ3) is 3.50. The molecule has 3 rings (SSSR count). The van der Waals surface area contributed by atoms with E-state index in [9.17, 15) is 14.7 Å². The lowest BCUT2D eigenvalue weighted by Gasteiger charge is -2.24. The first-order valence-corrected chi connectivity index (χ1v) is 8.77. The van der Waals surface area contributed by atoms with Gasteiger partial charge in [0.05, 0.1) is 5.92 Å². The highest BCUT2D eigenvalue weighted by Crippen LogP contribution is 2.35. The Morgan fingerprint density at radius 1 is 1.13 bits per heavy atom. The van der Waals surface area contributed by atoms with Crippen LogP contribution in [0.15, 0.2) is 40.9 Å². The Morgan fingerprint density at radius 2 is 1.87 bits per heavy atom. The van der Waals surface area contributed by atoms with Crippen molar-refractivity contribution < 1.29 is 14.7 Å². The van der Waals surface area contributed by atoms with Crippen LogP contribution in [0, 0.1) is 11.8 Å². The monoisotopic (exact) mass is 377 g/mol. The van der Waals surface area contributed by atoms with Crippen LogP contribution >= 0.6 is 15.9 Å². The van der Waals surface area contributed by atoms with Gasteiger partial charge in [-0.25, -0.2) is 0 Å². The van der Waals surface area contributed by atoms with Crippen molar-refractivity contribution in [2.75, 3.05) is 13.1 Å². The quantitative estimate of drug-likeness (QED) is 0.820. The summed E-state index contributed by atoms with van der Waals surface area (Å²) in [5.41, 5.74) is 0.986. The number of hydrogen-bond acceptors (Lipinski definition) is 2. The van der Waals surface area contributed by atoms with Crippen molar-refractivity contribution in [2.24, 2.45) is 11.8 Å². The second-order valence-corrected chi connectivity index (χ2v) is 7.24. The fraction of sp³-hybridized carbons (Fsp3) is 0.444. The van der Waals surface area contributed by atoms with E-state index in [1.54, 1.807) is 4.90 Å². The molecule has 1 unspecified atom stereocenters. The summed E-state index contributed by atoms with van der Waals surface area (Å²) >= 11 is 3.40. The second kappa shape index (κ2) is 6.87. The highest BCUT2D eigenvalue weighted by molar-refractivity contribution is 9.10. The summed E-state index contributed by atoms with van der Waals surface area (Å²) < 4.78 is 0.966. The normalized spacial score (nSPS) is 27.2. The number of hydrogen-bond donors (Lipinski definition) is 1. The molecule has 122 valence electrons. The minimum Gasteiger partial charge on any atom is -0.481 e. The van der Waals surface area contributed by atoms with Crippen molar-refractivity contribution in [3.8, 4) is 0 Å². The van der Waals surface area contributed by atoms with Gasteiger partial charge in [-0.15, -0.1) is 0 Å². The van der Waals surface area contributed by atoms with E-state index in [2.05, 4.69) is 28.1 Å². The van der Waals surface area contributed by atoms with E-state index in [0.29, 0.717) is 13.1 Å². The maximum atomic E-state index is 12.7. The number of carbonyl (C=O) groups is 2. The average Bonchev–Trinajstić information content (AvgIpc) is 3.01. The van der Waals surface area contributed by atoms with E-state index in [0.717, 1.165) is 29.3 Å². The van der Waals surface area contributed by atoms with Crippen LogP contribution in [-0.4, -0.2) is 35.0 Å². The third-order valence-electron chi connectivity index (χ3n) is 4.87. The van der Waals surface area contributed by atoms with E-state index in [-0.39, 0.29) is 17.7 Å². The molecule has 0 bridgehead atoms. The summed E-state index contributed by atoms with van der Waals surface area (Å²) in [7, 11) is 0. The molecule has 1 aliphatic heterocycles. The average molecular weight is 378 g/mol. The fourth-order valence-electron chi connectivity index (χ4n) is 3.56. The number of halogens is 1. The molecule has 1 aromatic carbocycles. The van der Waals surface area contributed by atoms with Gasteiger partial charge in [0, 0.05) is 29.4 Å². The van der Waals surface area contributed by atoms with Gasteiger partial charge in [0.15, 0.2) is 0 Å². The number of likely N-dealkylation sites (tertiary alicyclic amines) is 1. The van der Waals surface area contributed by atoms with Gasteiger partial charge in [0.1, 0.15) is 0 Å². The van der Waals surface area contributed by atoms with Gasteiger partial charge in [0.25, 0.3) is 0 Å². The highest BCUT2D eigenvalue weighted by atomic mass is 79.9. The Labute approximate surface area is 144 Å². The van der Waals surface area contributed by atoms with Crippen molar-refractivity contribution in [1.29, 1.82) is 0 Å². The Bertz CT molecular complexity index is 626. The van der Waals surface area contributed by atoms with Crippen molar-refractivity contribution in [2.45, 2.75) is 25.2 Å². The van der Waals surface area contributed by atoms with Crippen molar-refractivity contribution in [3.05, 3.63) is 46.5 Å². The van der Waals surface area contributed by atoms with Gasteiger partial charge in [-0.3, -0.25) is 9.59 Å². The molecule has 0 spiro atoms. The van der Waals surface area contributed by atoms with E-state index < -0.39 is 11.9 Å². The topological polar surface area (TPSA) is 57.6 Å². The molecule has 1 saturated heterocycles. The number of nitrogens with zero attached hydrogens (tertiary/aromatic N) is 1. The maximum absolute atomic E-state index is 12.7. The number of aliphatic carboxylic acids is 1. The van der Waals surface area contributed by atoms with E-state index in [4.69, 9.17) is 0 Å². The Hall–Kier alpha value is -1.62. The molecule has 4 nitrogen and oxygen atoms in total. The van der Waals surface area contributed by atoms with Crippen LogP contribution in [0.4, 0.5) is 0 Å². The molecule has 1 aromatic rings. The van der Waals surface area contributed by atoms with E-state index in [1.165, 1.54) is 0 Å². The number of amides is 1. The van der Waals surface area contributed by atoms with Crippen LogP contribution in [0.2, 0.25) is 0 Å². The van der Waals surface area contributed by atoms with E-state index in [1.807, 2.05) is 24.3 Å². The Balaban J connectivity index is 1.78. The van der Waals surface area contributed by atoms with E-state index >= 15 is 0 Å². The number of carboxylic acid groups (broad SMARTS) is 1. The maximum Gasteiger partial charge on any atom is 0.308 e. The predicted octanol–water partition coefficient (Wildman–Crippen LogP) is 3.43. The molecule has 5 heteroatoms. The first-order valence-electron chi connectivity index (χ1n) is 7.98. The third-order valence-corrected chi connectivity index (χ3v) is 5.39. The Kier molecular flexibility index (Phi) is 4.85. The van der Waals surface area contributed by atoms with Crippen molar-refractivity contribution >= 4 is 27.8 Å². The molecule has 23 heavy (non-hydrogen) atoms. The lowest BCUT2D eigenvalue weighted by atomic mass is 9.89. The van der Waals surface area contributed by atoms with Crippen LogP contribution in [0.25, 0.3) is 0 Å². The van der Waals surface area contributed by atoms with Gasteiger partial charge in [-0.1, -0.05) is 40.2 Å². The molecular weight excluding hydrogens is 358 g/mol. The van der Waals surface area contributed by atoms with Gasteiger partial charge >= 0.3 is 5.97 Å². The Morgan fingerprint density at radius 3 is 2.48 bits per heavy atom. The van der Waals surface area contributed by atoms with Crippen molar-refractivity contribution in [3.63, 3.8) is 0 Å². The zero-order valence-corrected chi connectivity index (χ0v) is 14.4. The van der Waals surface area contributed by atoms with Gasteiger partial charge in [-0.2, -0.15) is 0 Å². The molecular formula is C18H20BrNO3. The molecule has 3 atom stereocenters. The summed E-state index contributed by atoms with van der Waals surface area (Å²) in [6.07, 6.45) is 6.74. The minimum atomic E-state index is -0.822. The summed E-state index contributed by atoms with van der Waals surface area (Å²) in [6, 6.07) is 7.74. The zero-order chi connectivity index (χ0) is 16.4. The molecule has 0 saturated carbocycles. The summed E-state index contributed by atoms with van der Waals surface area (Å²) in [5, 5.41) is 9.55. The smallest absolute Gasteiger partial charge is 0.308 e. The number of carboxylic acids is 1. The molecule has 1 amide bonds. The first-order chi connectivity index (χ1) is 11.1. The lowest BCUT2D eigenvalue weighted by molar-refractivity contribution is -0.142. The van der Waals surface area contributed by atoms with Crippen LogP contribution in [-0.2, 0) is 9.59 Å². The van der Waals surface area contributed by atoms with Crippen LogP contribution in [0.1, 0.15) is 30.7 Å². The van der Waals surface area contributed by atoms with Crippen LogP contribution in [0.3, 0.4) is 0 Å². The van der Waals surface area contributed by atoms with Gasteiger partial charge in [-0.05, 0) is 37.0 Å². The molecule has 0 radical (unpaired) electrons. The lowest BCUT2D eigenvalue weighted by Crippen LogP contribution is -2.35. The number of carbonyl (C=O) groups excluding carboxylic acids is 1. The summed E-state index contributed by atoms with van der Waals surface area (Å²) in [6.45, 7) is 0.812. The predicted molar refractivity (Wildman–Crippen MR) is 91.1 cm³/mol. The fourth-order valence-corrected chi connectivity index (χ4v) is 3.82. The van der Waals surface area contributed by atoms with Crippen LogP contribution in [0.5, 0.6) is 0 Å². The molecule has 1 aliphatic carbocycles. The first kappa shape index (κ1) is 16.2. The zero-order valence-electron chi connectivity index (χ0n) is 12.8. The largest absolute Gasteiger partial charge is 0.481 e. The van der Waals surface area contributed by atoms with Crippen LogP contribution < -0.4 is 0 Å². The molecule has 2 aliphatic rings. The molecule has 1 fully saturated rings. The minimum absolute atomic E-state index is 0.0121. The van der Waals surface area contributed by atoms with Gasteiger partial charge in [0.2, 0.25) is 5.91 Å². The SMILES string of the molecule is O=C(O)[C@@H]1CN(C(=O)C2CC=CCC2)C[C@H]1c1ccc(Br)cc1. The highest BCUT2D eigenvalue weighted by Gasteiger charge is 2.41. The molecule has 1 heterocycles. The van der Waals surface area contributed by atoms with Crippen molar-refractivity contribution in [1.82, 2.24) is 4.90 Å².